The minimum Gasteiger partial charge on any atom is -0.347 e. The fraction of sp³-hybridized carbons (Fsp3) is 0.550. The number of nitrogens with one attached hydrogen (secondary N) is 1. The van der Waals surface area contributed by atoms with Gasteiger partial charge < -0.3 is 10.2 Å². The minimum absolute atomic E-state index is 0.0140. The summed E-state index contributed by atoms with van der Waals surface area (Å²) in [5.41, 5.74) is 0.986. The third-order valence-corrected chi connectivity index (χ3v) is 5.44. The topological polar surface area (TPSA) is 79.0 Å². The number of rotatable bonds is 8. The molecule has 7 heteroatoms. The van der Waals surface area contributed by atoms with Crippen LogP contribution in [0, 0.1) is 5.92 Å². The van der Waals surface area contributed by atoms with Crippen LogP contribution in [0.25, 0.3) is 0 Å². The molecule has 3 rings (SSSR count). The standard InChI is InChI=1S/C20H27N3O4/c1-3-14(2)18(24)11-21-19(25)17-10-9-16-12-22(17)20(26)23(16)27-13-15-7-5-4-6-8-15/h4-8,14,16-17H,3,9-13H2,1-2H3,(H,21,25)/t14?,16-,17+/m1/s1. The van der Waals surface area contributed by atoms with E-state index < -0.39 is 6.04 Å². The molecule has 3 amide bonds. The summed E-state index contributed by atoms with van der Waals surface area (Å²) >= 11 is 0. The van der Waals surface area contributed by atoms with E-state index >= 15 is 0 Å². The highest BCUT2D eigenvalue weighted by Crippen LogP contribution is 2.30. The summed E-state index contributed by atoms with van der Waals surface area (Å²) in [6.45, 7) is 4.61. The number of hydrogen-bond donors (Lipinski definition) is 1. The number of hydroxylamine groups is 2. The van der Waals surface area contributed by atoms with Gasteiger partial charge in [0, 0.05) is 12.5 Å². The summed E-state index contributed by atoms with van der Waals surface area (Å²) < 4.78 is 0. The quantitative estimate of drug-likeness (QED) is 0.757. The van der Waals surface area contributed by atoms with Crippen molar-refractivity contribution in [1.29, 1.82) is 0 Å². The van der Waals surface area contributed by atoms with Gasteiger partial charge in [-0.05, 0) is 24.8 Å². The molecule has 2 saturated heterocycles. The SMILES string of the molecule is CCC(C)C(=O)CNC(=O)[C@@H]1CC[C@@H]2CN1C(=O)N2OCc1ccccc1. The first kappa shape index (κ1) is 19.4. The van der Waals surface area contributed by atoms with Crippen molar-refractivity contribution in [3.05, 3.63) is 35.9 Å². The van der Waals surface area contributed by atoms with Gasteiger partial charge in [-0.1, -0.05) is 44.2 Å². The van der Waals surface area contributed by atoms with Crippen molar-refractivity contribution in [1.82, 2.24) is 15.3 Å². The summed E-state index contributed by atoms with van der Waals surface area (Å²) in [6, 6.07) is 8.81. The number of hydrogen-bond acceptors (Lipinski definition) is 4. The Kier molecular flexibility index (Phi) is 6.11. The number of Topliss-reactive ketones (excluding diaryl/α,β-unsaturated/α-hetero) is 1. The number of ketones is 1. The predicted molar refractivity (Wildman–Crippen MR) is 99.5 cm³/mol. The number of amides is 3. The Balaban J connectivity index is 1.55. The first-order valence-electron chi connectivity index (χ1n) is 9.58. The van der Waals surface area contributed by atoms with Crippen LogP contribution in [-0.4, -0.2) is 52.9 Å². The zero-order chi connectivity index (χ0) is 19.4. The molecule has 1 unspecified atom stereocenters. The van der Waals surface area contributed by atoms with E-state index in [0.717, 1.165) is 12.0 Å². The fourth-order valence-electron chi connectivity index (χ4n) is 3.48. The molecule has 0 saturated carbocycles. The van der Waals surface area contributed by atoms with Crippen molar-refractivity contribution in [3.63, 3.8) is 0 Å². The Morgan fingerprint density at radius 3 is 2.70 bits per heavy atom. The highest BCUT2D eigenvalue weighted by atomic mass is 16.7. The second-order valence-corrected chi connectivity index (χ2v) is 7.26. The van der Waals surface area contributed by atoms with Crippen LogP contribution in [0.5, 0.6) is 0 Å². The highest BCUT2D eigenvalue weighted by molar-refractivity contribution is 5.92. The van der Waals surface area contributed by atoms with Crippen molar-refractivity contribution in [2.75, 3.05) is 13.1 Å². The molecular weight excluding hydrogens is 346 g/mol. The van der Waals surface area contributed by atoms with Gasteiger partial charge in [0.15, 0.2) is 5.78 Å². The maximum Gasteiger partial charge on any atom is 0.345 e. The van der Waals surface area contributed by atoms with Crippen LogP contribution < -0.4 is 5.32 Å². The summed E-state index contributed by atoms with van der Waals surface area (Å²) in [5, 5.41) is 4.11. The molecule has 1 aromatic carbocycles. The van der Waals surface area contributed by atoms with E-state index in [1.807, 2.05) is 44.2 Å². The molecule has 0 aliphatic carbocycles. The fourth-order valence-corrected chi connectivity index (χ4v) is 3.48. The average molecular weight is 373 g/mol. The van der Waals surface area contributed by atoms with Crippen molar-refractivity contribution in [2.24, 2.45) is 5.92 Å². The molecule has 2 bridgehead atoms. The third kappa shape index (κ3) is 4.30. The zero-order valence-corrected chi connectivity index (χ0v) is 15.9. The van der Waals surface area contributed by atoms with Crippen LogP contribution in [0.4, 0.5) is 4.79 Å². The van der Waals surface area contributed by atoms with Gasteiger partial charge in [-0.2, -0.15) is 5.06 Å². The average Bonchev–Trinajstić information content (AvgIpc) is 2.94. The van der Waals surface area contributed by atoms with E-state index in [9.17, 15) is 14.4 Å². The Hall–Kier alpha value is -2.41. The van der Waals surface area contributed by atoms with Gasteiger partial charge in [0.05, 0.1) is 12.6 Å². The normalized spacial score (nSPS) is 22.7. The van der Waals surface area contributed by atoms with E-state index in [4.69, 9.17) is 4.84 Å². The highest BCUT2D eigenvalue weighted by Gasteiger charge is 2.47. The van der Waals surface area contributed by atoms with Crippen LogP contribution in [0.3, 0.4) is 0 Å². The number of carbonyl (C=O) groups excluding carboxylic acids is 3. The molecule has 2 aliphatic rings. The zero-order valence-electron chi connectivity index (χ0n) is 15.9. The van der Waals surface area contributed by atoms with Crippen LogP contribution in [0.1, 0.15) is 38.7 Å². The van der Waals surface area contributed by atoms with E-state index in [0.29, 0.717) is 26.0 Å². The second kappa shape index (κ2) is 8.52. The van der Waals surface area contributed by atoms with Crippen LogP contribution in [0.15, 0.2) is 30.3 Å². The lowest BCUT2D eigenvalue weighted by molar-refractivity contribution is -0.140. The van der Waals surface area contributed by atoms with Crippen LogP contribution >= 0.6 is 0 Å². The van der Waals surface area contributed by atoms with Crippen LogP contribution in [0.2, 0.25) is 0 Å². The maximum absolute atomic E-state index is 12.7. The Labute approximate surface area is 159 Å². The summed E-state index contributed by atoms with van der Waals surface area (Å²) in [4.78, 5) is 44.4. The molecule has 3 atom stereocenters. The largest absolute Gasteiger partial charge is 0.347 e. The number of piperidine rings is 1. The molecule has 2 heterocycles. The number of urea groups is 1. The van der Waals surface area contributed by atoms with Gasteiger partial charge in [0.2, 0.25) is 5.91 Å². The molecule has 0 aromatic heterocycles. The summed E-state index contributed by atoms with van der Waals surface area (Å²) in [7, 11) is 0. The molecule has 1 aromatic rings. The number of benzene rings is 1. The lowest BCUT2D eigenvalue weighted by Gasteiger charge is -2.29. The van der Waals surface area contributed by atoms with E-state index in [1.54, 1.807) is 4.90 Å². The Morgan fingerprint density at radius 2 is 2.00 bits per heavy atom. The molecule has 27 heavy (non-hydrogen) atoms. The van der Waals surface area contributed by atoms with Crippen molar-refractivity contribution >= 4 is 17.7 Å². The van der Waals surface area contributed by atoms with E-state index in [1.165, 1.54) is 5.06 Å². The molecule has 7 nitrogen and oxygen atoms in total. The van der Waals surface area contributed by atoms with Gasteiger partial charge in [-0.25, -0.2) is 4.79 Å². The van der Waals surface area contributed by atoms with Crippen molar-refractivity contribution < 1.29 is 19.2 Å². The minimum atomic E-state index is -0.538. The second-order valence-electron chi connectivity index (χ2n) is 7.26. The molecule has 2 aliphatic heterocycles. The van der Waals surface area contributed by atoms with Gasteiger partial charge in [-0.3, -0.25) is 14.4 Å². The third-order valence-electron chi connectivity index (χ3n) is 5.44. The monoisotopic (exact) mass is 373 g/mol. The summed E-state index contributed by atoms with van der Waals surface area (Å²) in [5.74, 6) is -0.320. The Morgan fingerprint density at radius 1 is 1.26 bits per heavy atom. The summed E-state index contributed by atoms with van der Waals surface area (Å²) in [6.07, 6.45) is 2.03. The number of carbonyl (C=O) groups is 3. The van der Waals surface area contributed by atoms with Crippen molar-refractivity contribution in [2.45, 2.75) is 51.8 Å². The number of fused-ring (bicyclic) bond motifs is 2. The first-order valence-corrected chi connectivity index (χ1v) is 9.58. The predicted octanol–water partition coefficient (Wildman–Crippen LogP) is 2.12. The lowest BCUT2D eigenvalue weighted by Crippen LogP contribution is -2.50. The van der Waals surface area contributed by atoms with Gasteiger partial charge in [-0.15, -0.1) is 0 Å². The van der Waals surface area contributed by atoms with Crippen LogP contribution in [-0.2, 0) is 21.0 Å². The maximum atomic E-state index is 12.7. The molecule has 2 fully saturated rings. The Bertz CT molecular complexity index is 694. The molecule has 146 valence electrons. The molecule has 0 radical (unpaired) electrons. The van der Waals surface area contributed by atoms with Gasteiger partial charge in [0.25, 0.3) is 0 Å². The molecule has 1 N–H and O–H groups in total. The smallest absolute Gasteiger partial charge is 0.345 e. The molecule has 0 spiro atoms. The first-order chi connectivity index (χ1) is 13.0. The van der Waals surface area contributed by atoms with E-state index in [2.05, 4.69) is 5.32 Å². The van der Waals surface area contributed by atoms with Gasteiger partial charge >= 0.3 is 6.03 Å². The van der Waals surface area contributed by atoms with E-state index in [-0.39, 0.29) is 36.2 Å². The lowest BCUT2D eigenvalue weighted by atomic mass is 9.99. The van der Waals surface area contributed by atoms with Crippen molar-refractivity contribution in [3.8, 4) is 0 Å². The van der Waals surface area contributed by atoms with Gasteiger partial charge in [0.1, 0.15) is 12.6 Å². The molecular formula is C20H27N3O4. The number of nitrogens with zero attached hydrogens (tertiary/aromatic N) is 2.